The predicted molar refractivity (Wildman–Crippen MR) is 102 cm³/mol. The van der Waals surface area contributed by atoms with Crippen LogP contribution in [-0.2, 0) is 0 Å². The minimum absolute atomic E-state index is 0.206. The standard InChI is InChI=1S/C19H22N2O3S/c1-4-11-20-18(22)14-7-5-6-8-16(14)21-19(23)15-10-9-13(25-3)12-17(15)24-2/h5-10,12H,4,11H2,1-3H3,(H,20,22)(H,21,23). The lowest BCUT2D eigenvalue weighted by Crippen LogP contribution is -2.25. The zero-order chi connectivity index (χ0) is 18.2. The number of hydrogen-bond acceptors (Lipinski definition) is 4. The van der Waals surface area contributed by atoms with Crippen LogP contribution >= 0.6 is 11.8 Å². The van der Waals surface area contributed by atoms with Crippen molar-refractivity contribution in [2.75, 3.05) is 25.2 Å². The van der Waals surface area contributed by atoms with Crippen LogP contribution in [0.15, 0.2) is 47.4 Å². The van der Waals surface area contributed by atoms with Gasteiger partial charge in [-0.3, -0.25) is 9.59 Å². The van der Waals surface area contributed by atoms with Crippen molar-refractivity contribution >= 4 is 29.3 Å². The summed E-state index contributed by atoms with van der Waals surface area (Å²) >= 11 is 1.57. The van der Waals surface area contributed by atoms with Gasteiger partial charge < -0.3 is 15.4 Å². The van der Waals surface area contributed by atoms with E-state index in [-0.39, 0.29) is 11.8 Å². The summed E-state index contributed by atoms with van der Waals surface area (Å²) in [4.78, 5) is 25.9. The zero-order valence-corrected chi connectivity index (χ0v) is 15.4. The molecule has 0 heterocycles. The number of nitrogens with one attached hydrogen (secondary N) is 2. The fourth-order valence-corrected chi connectivity index (χ4v) is 2.73. The van der Waals surface area contributed by atoms with Crippen LogP contribution in [0.4, 0.5) is 5.69 Å². The topological polar surface area (TPSA) is 67.4 Å². The number of anilines is 1. The Morgan fingerprint density at radius 1 is 1.08 bits per heavy atom. The molecule has 0 radical (unpaired) electrons. The first-order valence-electron chi connectivity index (χ1n) is 8.01. The molecular formula is C19H22N2O3S. The molecule has 0 unspecified atom stereocenters. The highest BCUT2D eigenvalue weighted by Crippen LogP contribution is 2.26. The smallest absolute Gasteiger partial charge is 0.259 e. The number of carbonyl (C=O) groups is 2. The second-order valence-electron chi connectivity index (χ2n) is 5.32. The summed E-state index contributed by atoms with van der Waals surface area (Å²) in [5.41, 5.74) is 1.32. The molecule has 0 aliphatic carbocycles. The van der Waals surface area contributed by atoms with E-state index >= 15 is 0 Å². The van der Waals surface area contributed by atoms with Gasteiger partial charge in [0.1, 0.15) is 5.75 Å². The highest BCUT2D eigenvalue weighted by Gasteiger charge is 2.16. The quantitative estimate of drug-likeness (QED) is 0.739. The molecule has 0 saturated heterocycles. The van der Waals surface area contributed by atoms with E-state index in [1.165, 1.54) is 7.11 Å². The van der Waals surface area contributed by atoms with E-state index in [1.54, 1.807) is 42.1 Å². The summed E-state index contributed by atoms with van der Waals surface area (Å²) in [7, 11) is 1.53. The fourth-order valence-electron chi connectivity index (χ4n) is 2.30. The van der Waals surface area contributed by atoms with Gasteiger partial charge in [-0.15, -0.1) is 11.8 Å². The van der Waals surface area contributed by atoms with Crippen molar-refractivity contribution < 1.29 is 14.3 Å². The Hall–Kier alpha value is -2.47. The maximum atomic E-state index is 12.7. The summed E-state index contributed by atoms with van der Waals surface area (Å²) in [6, 6.07) is 12.3. The number of methoxy groups -OCH3 is 1. The Balaban J connectivity index is 2.25. The van der Waals surface area contributed by atoms with Crippen LogP contribution in [0.25, 0.3) is 0 Å². The third-order valence-electron chi connectivity index (χ3n) is 3.61. The molecule has 2 aromatic carbocycles. The Morgan fingerprint density at radius 3 is 2.52 bits per heavy atom. The Bertz CT molecular complexity index is 762. The van der Waals surface area contributed by atoms with Gasteiger partial charge in [-0.1, -0.05) is 19.1 Å². The van der Waals surface area contributed by atoms with Crippen LogP contribution in [0.1, 0.15) is 34.1 Å². The van der Waals surface area contributed by atoms with E-state index in [0.29, 0.717) is 29.1 Å². The molecule has 0 aliphatic rings. The van der Waals surface area contributed by atoms with Crippen LogP contribution in [-0.4, -0.2) is 31.7 Å². The Labute approximate surface area is 152 Å². The van der Waals surface area contributed by atoms with E-state index in [4.69, 9.17) is 4.74 Å². The first-order chi connectivity index (χ1) is 12.1. The van der Waals surface area contributed by atoms with Gasteiger partial charge in [0.2, 0.25) is 0 Å². The predicted octanol–water partition coefficient (Wildman–Crippen LogP) is 3.81. The summed E-state index contributed by atoms with van der Waals surface area (Å²) < 4.78 is 5.32. The van der Waals surface area contributed by atoms with Crippen LogP contribution in [0.2, 0.25) is 0 Å². The first kappa shape index (κ1) is 18.9. The van der Waals surface area contributed by atoms with Gasteiger partial charge >= 0.3 is 0 Å². The van der Waals surface area contributed by atoms with Crippen LogP contribution < -0.4 is 15.4 Å². The monoisotopic (exact) mass is 358 g/mol. The zero-order valence-electron chi connectivity index (χ0n) is 14.6. The SMILES string of the molecule is CCCNC(=O)c1ccccc1NC(=O)c1ccc(SC)cc1OC. The second kappa shape index (κ2) is 9.13. The van der Waals surface area contributed by atoms with E-state index < -0.39 is 0 Å². The Kier molecular flexibility index (Phi) is 6.89. The third kappa shape index (κ3) is 4.76. The van der Waals surface area contributed by atoms with Crippen molar-refractivity contribution in [3.63, 3.8) is 0 Å². The van der Waals surface area contributed by atoms with Gasteiger partial charge in [0, 0.05) is 11.4 Å². The van der Waals surface area contributed by atoms with E-state index in [2.05, 4.69) is 10.6 Å². The van der Waals surface area contributed by atoms with Crippen molar-refractivity contribution in [2.45, 2.75) is 18.2 Å². The van der Waals surface area contributed by atoms with Gasteiger partial charge in [-0.2, -0.15) is 0 Å². The molecular weight excluding hydrogens is 336 g/mol. The molecule has 25 heavy (non-hydrogen) atoms. The van der Waals surface area contributed by atoms with E-state index in [0.717, 1.165) is 11.3 Å². The van der Waals surface area contributed by atoms with E-state index in [1.807, 2.05) is 25.3 Å². The van der Waals surface area contributed by atoms with E-state index in [9.17, 15) is 9.59 Å². The summed E-state index contributed by atoms with van der Waals surface area (Å²) in [5.74, 6) is -0.0278. The molecule has 0 spiro atoms. The number of para-hydroxylation sites is 1. The number of ether oxygens (including phenoxy) is 1. The lowest BCUT2D eigenvalue weighted by atomic mass is 10.1. The van der Waals surface area contributed by atoms with Crippen LogP contribution in [0.5, 0.6) is 5.75 Å². The normalized spacial score (nSPS) is 10.2. The van der Waals surface area contributed by atoms with Crippen molar-refractivity contribution in [1.82, 2.24) is 5.32 Å². The van der Waals surface area contributed by atoms with Gasteiger partial charge in [0.25, 0.3) is 11.8 Å². The largest absolute Gasteiger partial charge is 0.496 e. The average molecular weight is 358 g/mol. The lowest BCUT2D eigenvalue weighted by Gasteiger charge is -2.13. The number of amides is 2. The summed E-state index contributed by atoms with van der Waals surface area (Å²) in [6.45, 7) is 2.57. The van der Waals surface area contributed by atoms with Crippen molar-refractivity contribution in [3.05, 3.63) is 53.6 Å². The lowest BCUT2D eigenvalue weighted by molar-refractivity contribution is 0.0954. The van der Waals surface area contributed by atoms with Gasteiger partial charge in [-0.05, 0) is 43.0 Å². The number of benzene rings is 2. The van der Waals surface area contributed by atoms with Gasteiger partial charge in [0.05, 0.1) is 23.9 Å². The molecule has 0 saturated carbocycles. The van der Waals surface area contributed by atoms with Gasteiger partial charge in [-0.25, -0.2) is 0 Å². The van der Waals surface area contributed by atoms with Crippen molar-refractivity contribution in [1.29, 1.82) is 0 Å². The number of rotatable bonds is 7. The number of carbonyl (C=O) groups excluding carboxylic acids is 2. The van der Waals surface area contributed by atoms with Crippen molar-refractivity contribution in [3.8, 4) is 5.75 Å². The summed E-state index contributed by atoms with van der Waals surface area (Å²) in [6.07, 6.45) is 2.80. The highest BCUT2D eigenvalue weighted by molar-refractivity contribution is 7.98. The molecule has 132 valence electrons. The van der Waals surface area contributed by atoms with Gasteiger partial charge in [0.15, 0.2) is 0 Å². The maximum Gasteiger partial charge on any atom is 0.259 e. The number of thioether (sulfide) groups is 1. The maximum absolute atomic E-state index is 12.7. The molecule has 5 nitrogen and oxygen atoms in total. The molecule has 0 aliphatic heterocycles. The summed E-state index contributed by atoms with van der Waals surface area (Å²) in [5, 5.41) is 5.63. The molecule has 2 aromatic rings. The molecule has 0 bridgehead atoms. The minimum Gasteiger partial charge on any atom is -0.496 e. The second-order valence-corrected chi connectivity index (χ2v) is 6.20. The number of hydrogen-bond donors (Lipinski definition) is 2. The van der Waals surface area contributed by atoms with Crippen LogP contribution in [0, 0.1) is 0 Å². The Morgan fingerprint density at radius 2 is 1.84 bits per heavy atom. The molecule has 2 amide bonds. The first-order valence-corrected chi connectivity index (χ1v) is 9.23. The molecule has 0 atom stereocenters. The molecule has 2 N–H and O–H groups in total. The molecule has 0 aromatic heterocycles. The molecule has 6 heteroatoms. The molecule has 2 rings (SSSR count). The highest BCUT2D eigenvalue weighted by atomic mass is 32.2. The fraction of sp³-hybridized carbons (Fsp3) is 0.263. The third-order valence-corrected chi connectivity index (χ3v) is 4.33. The average Bonchev–Trinajstić information content (AvgIpc) is 2.65. The molecule has 0 fully saturated rings. The van der Waals surface area contributed by atoms with Crippen molar-refractivity contribution in [2.24, 2.45) is 0 Å². The minimum atomic E-state index is -0.319. The van der Waals surface area contributed by atoms with Crippen LogP contribution in [0.3, 0.4) is 0 Å².